The summed E-state index contributed by atoms with van der Waals surface area (Å²) in [5, 5.41) is 3.81. The smallest absolute Gasteiger partial charge is 0.435 e. The summed E-state index contributed by atoms with van der Waals surface area (Å²) in [5.41, 5.74) is 0.0788. The molecule has 1 amide bonds. The minimum Gasteiger partial charge on any atom is -0.497 e. The Bertz CT molecular complexity index is 1240. The number of fused-ring (bicyclic) bond motifs is 1. The molecule has 34 heavy (non-hydrogen) atoms. The van der Waals surface area contributed by atoms with Gasteiger partial charge in [-0.1, -0.05) is 18.6 Å². The number of carbonyl (C=O) groups is 2. The van der Waals surface area contributed by atoms with E-state index in [0.29, 0.717) is 17.1 Å². The zero-order chi connectivity index (χ0) is 24.1. The number of ether oxygens (including phenoxy) is 1. The van der Waals surface area contributed by atoms with Crippen LogP contribution in [0.15, 0.2) is 48.5 Å². The number of aldehydes is 1. The number of halogens is 3. The number of methoxy groups -OCH3 is 1. The molecule has 1 aromatic heterocycles. The van der Waals surface area contributed by atoms with Crippen LogP contribution >= 0.6 is 0 Å². The van der Waals surface area contributed by atoms with Gasteiger partial charge in [0.05, 0.1) is 18.2 Å². The SMILES string of the molecule is COc1ccc(-n2nc(C(F)(F)F)c3c2C(=O)N(c2ccc(C4(C=O)CCC4)cc2)CC3)cc1. The number of rotatable bonds is 5. The molecule has 2 heterocycles. The molecule has 6 nitrogen and oxygen atoms in total. The van der Waals surface area contributed by atoms with Crippen molar-refractivity contribution >= 4 is 17.9 Å². The first-order valence-corrected chi connectivity index (χ1v) is 11.0. The molecule has 1 fully saturated rings. The fourth-order valence-electron chi connectivity index (χ4n) is 4.75. The molecule has 176 valence electrons. The van der Waals surface area contributed by atoms with Crippen molar-refractivity contribution < 1.29 is 27.5 Å². The quantitative estimate of drug-likeness (QED) is 0.507. The van der Waals surface area contributed by atoms with Gasteiger partial charge in [-0.3, -0.25) is 4.79 Å². The second kappa shape index (κ2) is 8.00. The lowest BCUT2D eigenvalue weighted by Crippen LogP contribution is -2.39. The van der Waals surface area contributed by atoms with Gasteiger partial charge in [0.2, 0.25) is 0 Å². The number of aromatic nitrogens is 2. The van der Waals surface area contributed by atoms with Crippen LogP contribution in [0.3, 0.4) is 0 Å². The van der Waals surface area contributed by atoms with Crippen LogP contribution in [0.1, 0.15) is 46.6 Å². The van der Waals surface area contributed by atoms with Gasteiger partial charge in [0.15, 0.2) is 5.69 Å². The van der Waals surface area contributed by atoms with Gasteiger partial charge in [0.1, 0.15) is 17.7 Å². The lowest BCUT2D eigenvalue weighted by atomic mass is 9.65. The second-order valence-corrected chi connectivity index (χ2v) is 8.66. The summed E-state index contributed by atoms with van der Waals surface area (Å²) in [7, 11) is 1.49. The van der Waals surface area contributed by atoms with Crippen LogP contribution in [-0.2, 0) is 22.8 Å². The second-order valence-electron chi connectivity index (χ2n) is 8.66. The van der Waals surface area contributed by atoms with Crippen LogP contribution in [-0.4, -0.2) is 35.6 Å². The summed E-state index contributed by atoms with van der Waals surface area (Å²) in [6, 6.07) is 13.5. The Morgan fingerprint density at radius 1 is 1.03 bits per heavy atom. The highest BCUT2D eigenvalue weighted by Crippen LogP contribution is 2.43. The Morgan fingerprint density at radius 3 is 2.21 bits per heavy atom. The number of carbonyl (C=O) groups excluding carboxylic acids is 2. The molecule has 2 aliphatic rings. The van der Waals surface area contributed by atoms with E-state index in [9.17, 15) is 22.8 Å². The molecule has 0 N–H and O–H groups in total. The summed E-state index contributed by atoms with van der Waals surface area (Å²) in [5.74, 6) is -0.0185. The van der Waals surface area contributed by atoms with Crippen molar-refractivity contribution in [2.75, 3.05) is 18.6 Å². The third kappa shape index (κ3) is 3.46. The lowest BCUT2D eigenvalue weighted by molar-refractivity contribution is -0.142. The van der Waals surface area contributed by atoms with E-state index < -0.39 is 23.2 Å². The molecule has 1 saturated carbocycles. The van der Waals surface area contributed by atoms with Gasteiger partial charge >= 0.3 is 6.18 Å². The summed E-state index contributed by atoms with van der Waals surface area (Å²) in [6.07, 6.45) is -1.10. The van der Waals surface area contributed by atoms with Gasteiger partial charge in [-0.2, -0.15) is 18.3 Å². The maximum Gasteiger partial charge on any atom is 0.435 e. The van der Waals surface area contributed by atoms with Crippen molar-refractivity contribution in [2.24, 2.45) is 0 Å². The molecule has 0 saturated heterocycles. The fraction of sp³-hybridized carbons (Fsp3) is 0.320. The average molecular weight is 469 g/mol. The van der Waals surface area contributed by atoms with Gasteiger partial charge < -0.3 is 14.4 Å². The van der Waals surface area contributed by atoms with Crippen molar-refractivity contribution in [3.8, 4) is 11.4 Å². The molecule has 0 unspecified atom stereocenters. The maximum atomic E-state index is 13.8. The van der Waals surface area contributed by atoms with Crippen LogP contribution in [0.2, 0.25) is 0 Å². The molecular formula is C25H22F3N3O3. The maximum absolute atomic E-state index is 13.8. The van der Waals surface area contributed by atoms with Crippen LogP contribution in [0.4, 0.5) is 18.9 Å². The summed E-state index contributed by atoms with van der Waals surface area (Å²) >= 11 is 0. The van der Waals surface area contributed by atoms with Crippen molar-refractivity contribution in [1.82, 2.24) is 9.78 Å². The number of nitrogens with zero attached hydrogens (tertiary/aromatic N) is 3. The zero-order valence-electron chi connectivity index (χ0n) is 18.4. The van der Waals surface area contributed by atoms with E-state index in [4.69, 9.17) is 4.74 Å². The largest absolute Gasteiger partial charge is 0.497 e. The van der Waals surface area contributed by atoms with E-state index in [-0.39, 0.29) is 24.2 Å². The normalized spacial score (nSPS) is 17.2. The molecule has 1 aliphatic heterocycles. The fourth-order valence-corrected chi connectivity index (χ4v) is 4.75. The molecule has 9 heteroatoms. The van der Waals surface area contributed by atoms with Crippen LogP contribution < -0.4 is 9.64 Å². The number of benzene rings is 2. The first-order chi connectivity index (χ1) is 16.3. The zero-order valence-corrected chi connectivity index (χ0v) is 18.4. The summed E-state index contributed by atoms with van der Waals surface area (Å²) in [6.45, 7) is 0.0986. The Hall–Kier alpha value is -3.62. The molecule has 2 aromatic carbocycles. The van der Waals surface area contributed by atoms with Crippen molar-refractivity contribution in [3.63, 3.8) is 0 Å². The third-order valence-electron chi connectivity index (χ3n) is 6.83. The Balaban J connectivity index is 1.54. The standard InChI is InChI=1S/C25H22F3N3O3/c1-34-19-9-7-18(8-10-19)31-21-20(22(29-31)25(26,27)28)11-14-30(23(21)33)17-5-3-16(4-6-17)24(15-32)12-2-13-24/h3-10,15H,2,11-14H2,1H3. The molecule has 3 aromatic rings. The van der Waals surface area contributed by atoms with E-state index >= 15 is 0 Å². The first kappa shape index (κ1) is 22.2. The molecule has 0 spiro atoms. The van der Waals surface area contributed by atoms with E-state index in [1.54, 1.807) is 36.4 Å². The van der Waals surface area contributed by atoms with Crippen LogP contribution in [0.5, 0.6) is 5.75 Å². The van der Waals surface area contributed by atoms with Crippen molar-refractivity contribution in [3.05, 3.63) is 71.0 Å². The number of hydrogen-bond donors (Lipinski definition) is 0. The van der Waals surface area contributed by atoms with Crippen molar-refractivity contribution in [1.29, 1.82) is 0 Å². The van der Waals surface area contributed by atoms with E-state index in [2.05, 4.69) is 5.10 Å². The monoisotopic (exact) mass is 469 g/mol. The van der Waals surface area contributed by atoms with E-state index in [0.717, 1.165) is 35.8 Å². The third-order valence-corrected chi connectivity index (χ3v) is 6.83. The van der Waals surface area contributed by atoms with Gasteiger partial charge in [-0.05, 0) is 61.2 Å². The molecular weight excluding hydrogens is 447 g/mol. The van der Waals surface area contributed by atoms with Gasteiger partial charge in [0, 0.05) is 17.8 Å². The van der Waals surface area contributed by atoms with Crippen LogP contribution in [0, 0.1) is 0 Å². The number of amides is 1. The molecule has 0 radical (unpaired) electrons. The topological polar surface area (TPSA) is 64.4 Å². The van der Waals surface area contributed by atoms with Crippen LogP contribution in [0.25, 0.3) is 5.69 Å². The lowest BCUT2D eigenvalue weighted by Gasteiger charge is -2.37. The molecule has 0 atom stereocenters. The highest BCUT2D eigenvalue weighted by Gasteiger charge is 2.43. The predicted molar refractivity (Wildman–Crippen MR) is 119 cm³/mol. The Labute approximate surface area is 193 Å². The molecule has 1 aliphatic carbocycles. The summed E-state index contributed by atoms with van der Waals surface area (Å²) in [4.78, 5) is 26.6. The van der Waals surface area contributed by atoms with E-state index in [1.165, 1.54) is 12.0 Å². The van der Waals surface area contributed by atoms with Gasteiger partial charge in [-0.25, -0.2) is 4.68 Å². The average Bonchev–Trinajstić information content (AvgIpc) is 3.21. The molecule has 0 bridgehead atoms. The summed E-state index contributed by atoms with van der Waals surface area (Å²) < 4.78 is 47.4. The van der Waals surface area contributed by atoms with Crippen molar-refractivity contribution in [2.45, 2.75) is 37.3 Å². The number of hydrogen-bond acceptors (Lipinski definition) is 4. The predicted octanol–water partition coefficient (Wildman–Crippen LogP) is 4.72. The minimum atomic E-state index is -4.68. The van der Waals surface area contributed by atoms with Gasteiger partial charge in [0.25, 0.3) is 5.91 Å². The first-order valence-electron chi connectivity index (χ1n) is 11.0. The van der Waals surface area contributed by atoms with Gasteiger partial charge in [-0.15, -0.1) is 0 Å². The minimum absolute atomic E-state index is 0.0199. The highest BCUT2D eigenvalue weighted by molar-refractivity contribution is 6.07. The highest BCUT2D eigenvalue weighted by atomic mass is 19.4. The Kier molecular flexibility index (Phi) is 5.22. The number of anilines is 1. The molecule has 5 rings (SSSR count). The number of alkyl halides is 3. The van der Waals surface area contributed by atoms with E-state index in [1.807, 2.05) is 12.1 Å². The Morgan fingerprint density at radius 2 is 1.68 bits per heavy atom.